The van der Waals surface area contributed by atoms with E-state index in [1.165, 1.54) is 10.5 Å². The van der Waals surface area contributed by atoms with Gasteiger partial charge in [0.25, 0.3) is 5.91 Å². The molecule has 5 atom stereocenters. The number of alkyl carbamates (subject to hydrolysis) is 1. The molecule has 4 bridgehead atoms. The van der Waals surface area contributed by atoms with Crippen molar-refractivity contribution in [3.05, 3.63) is 59.7 Å². The Labute approximate surface area is 324 Å². The summed E-state index contributed by atoms with van der Waals surface area (Å²) in [6.45, 7) is 5.74. The van der Waals surface area contributed by atoms with Crippen molar-refractivity contribution < 1.29 is 37.1 Å². The monoisotopic (exact) mass is 776 g/mol. The number of nitrogens with zero attached hydrogens (tertiary/aromatic N) is 1. The molecule has 4 amide bonds. The summed E-state index contributed by atoms with van der Waals surface area (Å²) in [4.78, 5) is 57.9. The lowest BCUT2D eigenvalue weighted by Crippen LogP contribution is -2.60. The number of amides is 4. The van der Waals surface area contributed by atoms with Crippen molar-refractivity contribution in [2.45, 2.75) is 126 Å². The summed E-state index contributed by atoms with van der Waals surface area (Å²) in [6.07, 6.45) is 8.17. The number of hydrogen-bond acceptors (Lipinski definition) is 8. The number of carbonyl (C=O) groups is 4. The third-order valence-corrected chi connectivity index (χ3v) is 14.2. The minimum absolute atomic E-state index is 0.000963. The lowest BCUT2D eigenvalue weighted by molar-refractivity contribution is -0.143. The maximum Gasteiger partial charge on any atom is 0.407 e. The molecule has 0 unspecified atom stereocenters. The van der Waals surface area contributed by atoms with Crippen LogP contribution in [0.4, 0.5) is 4.79 Å². The number of ether oxygens (including phenoxy) is 2. The SMILES string of the molecule is CO[C@@]12C[C@@H](C(=O)N[C@]3(C(=O)NS(=O)(=O)C4CC4)C[C@@H]3C3CC3)N(C1)C(=O)[C@H](C(C)(C)C)NC(=O)OCCCCCCCc1ccccc1-c1ccc2cc1. The minimum Gasteiger partial charge on any atom is -0.450 e. The van der Waals surface area contributed by atoms with Crippen LogP contribution in [-0.2, 0) is 45.9 Å². The molecule has 3 saturated carbocycles. The molecule has 1 saturated heterocycles. The molecule has 0 radical (unpaired) electrons. The molecule has 6 aliphatic rings. The van der Waals surface area contributed by atoms with Crippen molar-refractivity contribution in [3.63, 3.8) is 0 Å². The van der Waals surface area contributed by atoms with E-state index in [0.717, 1.165) is 61.6 Å². The van der Waals surface area contributed by atoms with Gasteiger partial charge in [0, 0.05) is 13.5 Å². The van der Waals surface area contributed by atoms with Crippen LogP contribution in [0.15, 0.2) is 48.5 Å². The highest BCUT2D eigenvalue weighted by Crippen LogP contribution is 2.57. The number of fused-ring (bicyclic) bond motifs is 13. The van der Waals surface area contributed by atoms with Gasteiger partial charge in [-0.25, -0.2) is 13.2 Å². The molecule has 12 nitrogen and oxygen atoms in total. The number of aryl methyl sites for hydroxylation is 1. The van der Waals surface area contributed by atoms with Crippen molar-refractivity contribution in [1.29, 1.82) is 0 Å². The van der Waals surface area contributed by atoms with Gasteiger partial charge in [-0.05, 0) is 90.9 Å². The van der Waals surface area contributed by atoms with Crippen LogP contribution in [0.5, 0.6) is 0 Å². The van der Waals surface area contributed by atoms with Crippen LogP contribution in [0.25, 0.3) is 11.1 Å². The first kappa shape index (κ1) is 39.3. The van der Waals surface area contributed by atoms with Crippen molar-refractivity contribution in [3.8, 4) is 11.1 Å². The van der Waals surface area contributed by atoms with Gasteiger partial charge in [0.2, 0.25) is 21.8 Å². The summed E-state index contributed by atoms with van der Waals surface area (Å²) in [6, 6.07) is 14.3. The van der Waals surface area contributed by atoms with Crippen molar-refractivity contribution in [2.75, 3.05) is 20.3 Å². The van der Waals surface area contributed by atoms with E-state index < -0.39 is 67.7 Å². The maximum atomic E-state index is 14.8. The van der Waals surface area contributed by atoms with Gasteiger partial charge in [-0.2, -0.15) is 0 Å². The number of rotatable bonds is 7. The Morgan fingerprint density at radius 2 is 1.62 bits per heavy atom. The number of nitrogens with one attached hydrogen (secondary N) is 3. The molecule has 298 valence electrons. The molecule has 8 rings (SSSR count). The van der Waals surface area contributed by atoms with Crippen molar-refractivity contribution in [1.82, 2.24) is 20.3 Å². The van der Waals surface area contributed by atoms with Crippen LogP contribution >= 0.6 is 0 Å². The molecule has 0 aromatic heterocycles. The van der Waals surface area contributed by atoms with Crippen LogP contribution in [0, 0.1) is 17.3 Å². The summed E-state index contributed by atoms with van der Waals surface area (Å²) in [5.41, 5.74) is 0.972. The van der Waals surface area contributed by atoms with Gasteiger partial charge in [-0.1, -0.05) is 88.6 Å². The van der Waals surface area contributed by atoms with E-state index in [0.29, 0.717) is 25.7 Å². The smallest absolute Gasteiger partial charge is 0.407 e. The third-order valence-electron chi connectivity index (χ3n) is 12.4. The van der Waals surface area contributed by atoms with Crippen molar-refractivity contribution >= 4 is 33.8 Å². The van der Waals surface area contributed by atoms with E-state index >= 15 is 0 Å². The average Bonchev–Trinajstić information content (AvgIpc) is 4.02. The number of hydrogen-bond donors (Lipinski definition) is 3. The number of benzene rings is 2. The van der Waals surface area contributed by atoms with Gasteiger partial charge in [-0.3, -0.25) is 19.1 Å². The fourth-order valence-corrected chi connectivity index (χ4v) is 10.0. The molecule has 4 fully saturated rings. The Morgan fingerprint density at radius 1 is 0.927 bits per heavy atom. The van der Waals surface area contributed by atoms with Crippen LogP contribution in [-0.4, -0.2) is 80.3 Å². The van der Waals surface area contributed by atoms with Crippen LogP contribution < -0.4 is 15.4 Å². The second kappa shape index (κ2) is 15.2. The maximum absolute atomic E-state index is 14.8. The van der Waals surface area contributed by atoms with E-state index in [9.17, 15) is 27.6 Å². The summed E-state index contributed by atoms with van der Waals surface area (Å²) < 4.78 is 39.9. The summed E-state index contributed by atoms with van der Waals surface area (Å²) in [5.74, 6) is -1.75. The van der Waals surface area contributed by atoms with Gasteiger partial charge in [0.05, 0.1) is 18.4 Å². The molecular weight excluding hydrogens is 721 g/mol. The summed E-state index contributed by atoms with van der Waals surface area (Å²) in [5, 5.41) is 5.20. The highest BCUT2D eigenvalue weighted by Gasteiger charge is 2.67. The Bertz CT molecular complexity index is 1900. The third kappa shape index (κ3) is 8.28. The first-order valence-corrected chi connectivity index (χ1v) is 21.6. The van der Waals surface area contributed by atoms with Crippen LogP contribution in [0.2, 0.25) is 0 Å². The van der Waals surface area contributed by atoms with Crippen molar-refractivity contribution in [2.24, 2.45) is 17.3 Å². The lowest BCUT2D eigenvalue weighted by atomic mass is 9.85. The highest BCUT2D eigenvalue weighted by molar-refractivity contribution is 7.91. The quantitative estimate of drug-likeness (QED) is 0.340. The van der Waals surface area contributed by atoms with Crippen LogP contribution in [0.3, 0.4) is 0 Å². The minimum atomic E-state index is -3.86. The summed E-state index contributed by atoms with van der Waals surface area (Å²) in [7, 11) is -2.30. The second-order valence-corrected chi connectivity index (χ2v) is 19.5. The molecule has 55 heavy (non-hydrogen) atoms. The number of carbonyl (C=O) groups excluding carboxylic acids is 4. The van der Waals surface area contributed by atoms with E-state index in [2.05, 4.69) is 45.7 Å². The Hall–Kier alpha value is -3.97. The largest absolute Gasteiger partial charge is 0.450 e. The molecule has 3 aliphatic carbocycles. The molecule has 2 aromatic carbocycles. The van der Waals surface area contributed by atoms with E-state index in [-0.39, 0.29) is 31.4 Å². The fraction of sp³-hybridized carbons (Fsp3) is 0.619. The van der Waals surface area contributed by atoms with Gasteiger partial charge in [-0.15, -0.1) is 0 Å². The summed E-state index contributed by atoms with van der Waals surface area (Å²) >= 11 is 0. The molecule has 3 heterocycles. The predicted molar refractivity (Wildman–Crippen MR) is 207 cm³/mol. The zero-order valence-corrected chi connectivity index (χ0v) is 33.3. The van der Waals surface area contributed by atoms with Gasteiger partial charge < -0.3 is 25.0 Å². The first-order chi connectivity index (χ1) is 26.2. The molecule has 13 heteroatoms. The van der Waals surface area contributed by atoms with Gasteiger partial charge in [0.15, 0.2) is 0 Å². The molecular formula is C42H56N4O8S. The topological polar surface area (TPSA) is 160 Å². The normalized spacial score (nSPS) is 29.3. The Morgan fingerprint density at radius 3 is 2.29 bits per heavy atom. The Balaban J connectivity index is 1.24. The number of methoxy groups -OCH3 is 1. The first-order valence-electron chi connectivity index (χ1n) is 20.0. The molecule has 2 aromatic rings. The zero-order chi connectivity index (χ0) is 39.2. The second-order valence-electron chi connectivity index (χ2n) is 17.5. The zero-order valence-electron chi connectivity index (χ0n) is 32.5. The predicted octanol–water partition coefficient (Wildman–Crippen LogP) is 5.34. The lowest BCUT2D eigenvalue weighted by Gasteiger charge is -2.36. The number of sulfonamides is 1. The van der Waals surface area contributed by atoms with Gasteiger partial charge in [0.1, 0.15) is 23.2 Å². The molecule has 0 spiro atoms. The fourth-order valence-electron chi connectivity index (χ4n) is 8.68. The van der Waals surface area contributed by atoms with E-state index in [1.54, 1.807) is 7.11 Å². The van der Waals surface area contributed by atoms with E-state index in [1.807, 2.05) is 39.0 Å². The van der Waals surface area contributed by atoms with Gasteiger partial charge >= 0.3 is 6.09 Å². The van der Waals surface area contributed by atoms with E-state index in [4.69, 9.17) is 9.47 Å². The Kier molecular flexibility index (Phi) is 10.8. The highest BCUT2D eigenvalue weighted by atomic mass is 32.2. The average molecular weight is 777 g/mol. The molecule has 3 aliphatic heterocycles. The molecule has 3 N–H and O–H groups in total. The van der Waals surface area contributed by atoms with Crippen LogP contribution in [0.1, 0.15) is 103 Å². The standard InChI is InChI=1S/C42H56N4O8S/c1-40(2,3)35-37(48)46-26-41(53-4,25-34(46)36(47)44-42(24-33(42)29-15-16-29)38(49)45-55(51,52)31-21-22-31)30-19-17-28(18-20-30)32-14-10-9-13-27(32)12-8-6-5-7-11-23-54-39(50)43-35/h9-10,13-14,17-20,29,31,33-35H,5-8,11-12,15-16,21-26H2,1-4H3,(H,43,50)(H,44,47)(H,45,49)/t33-,34+,35-,41+,42-/m1/s1.